The van der Waals surface area contributed by atoms with Crippen LogP contribution in [0.5, 0.6) is 0 Å². The average molecular weight is 524 g/mol. The molecule has 7 heteroatoms. The van der Waals surface area contributed by atoms with Gasteiger partial charge >= 0.3 is 0 Å². The zero-order chi connectivity index (χ0) is 20.6. The SMILES string of the molecule is CN(C)C(=O)CN=C(NCCc1ccc(F)cc1)NC1CCc2ccccc2C1.I. The molecule has 0 radical (unpaired) electrons. The lowest BCUT2D eigenvalue weighted by Crippen LogP contribution is -2.46. The van der Waals surface area contributed by atoms with E-state index in [0.717, 1.165) is 31.2 Å². The van der Waals surface area contributed by atoms with Gasteiger partial charge in [0.25, 0.3) is 0 Å². The molecule has 1 aliphatic carbocycles. The van der Waals surface area contributed by atoms with E-state index in [9.17, 15) is 9.18 Å². The van der Waals surface area contributed by atoms with E-state index in [1.807, 2.05) is 0 Å². The van der Waals surface area contributed by atoms with Crippen LogP contribution in [0, 0.1) is 5.82 Å². The lowest BCUT2D eigenvalue weighted by molar-refractivity contribution is -0.127. The summed E-state index contributed by atoms with van der Waals surface area (Å²) in [4.78, 5) is 18.0. The first kappa shape index (κ1) is 24.1. The summed E-state index contributed by atoms with van der Waals surface area (Å²) in [5.41, 5.74) is 3.83. The first-order chi connectivity index (χ1) is 14.0. The Labute approximate surface area is 195 Å². The summed E-state index contributed by atoms with van der Waals surface area (Å²) in [6.07, 6.45) is 3.75. The summed E-state index contributed by atoms with van der Waals surface area (Å²) >= 11 is 0. The minimum atomic E-state index is -0.231. The number of fused-ring (bicyclic) bond motifs is 1. The highest BCUT2D eigenvalue weighted by atomic mass is 127. The number of carbonyl (C=O) groups excluding carboxylic acids is 1. The van der Waals surface area contributed by atoms with Crippen molar-refractivity contribution in [3.63, 3.8) is 0 Å². The van der Waals surface area contributed by atoms with Gasteiger partial charge in [-0.3, -0.25) is 4.79 Å². The van der Waals surface area contributed by atoms with Crippen LogP contribution in [0.25, 0.3) is 0 Å². The molecule has 0 spiro atoms. The third-order valence-corrected chi connectivity index (χ3v) is 5.18. The van der Waals surface area contributed by atoms with Gasteiger partial charge in [0.2, 0.25) is 5.91 Å². The van der Waals surface area contributed by atoms with Crippen LogP contribution in [-0.2, 0) is 24.1 Å². The Morgan fingerprint density at radius 2 is 1.83 bits per heavy atom. The maximum atomic E-state index is 13.1. The van der Waals surface area contributed by atoms with Crippen molar-refractivity contribution in [3.05, 3.63) is 71.0 Å². The van der Waals surface area contributed by atoms with E-state index >= 15 is 0 Å². The van der Waals surface area contributed by atoms with E-state index in [1.54, 1.807) is 26.2 Å². The van der Waals surface area contributed by atoms with E-state index in [1.165, 1.54) is 28.2 Å². The quantitative estimate of drug-likeness (QED) is 0.347. The number of likely N-dealkylation sites (N-methyl/N-ethyl adjacent to an activating group) is 1. The molecule has 2 N–H and O–H groups in total. The molecular weight excluding hydrogens is 494 g/mol. The van der Waals surface area contributed by atoms with Crippen LogP contribution in [0.2, 0.25) is 0 Å². The number of rotatable bonds is 6. The summed E-state index contributed by atoms with van der Waals surface area (Å²) in [6.45, 7) is 0.749. The Morgan fingerprint density at radius 3 is 2.53 bits per heavy atom. The van der Waals surface area contributed by atoms with Crippen LogP contribution in [-0.4, -0.2) is 50.0 Å². The number of hydrogen-bond acceptors (Lipinski definition) is 2. The Hall–Kier alpha value is -2.16. The predicted octanol–water partition coefficient (Wildman–Crippen LogP) is 3.17. The van der Waals surface area contributed by atoms with Crippen molar-refractivity contribution in [2.45, 2.75) is 31.7 Å². The van der Waals surface area contributed by atoms with Gasteiger partial charge in [0.1, 0.15) is 12.4 Å². The third-order valence-electron chi connectivity index (χ3n) is 5.18. The molecule has 0 saturated heterocycles. The smallest absolute Gasteiger partial charge is 0.243 e. The van der Waals surface area contributed by atoms with Crippen molar-refractivity contribution >= 4 is 35.8 Å². The number of guanidine groups is 1. The van der Waals surface area contributed by atoms with Crippen LogP contribution in [0.3, 0.4) is 0 Å². The molecule has 0 fully saturated rings. The third kappa shape index (κ3) is 7.27. The summed E-state index contributed by atoms with van der Waals surface area (Å²) in [7, 11) is 3.45. The molecule has 0 aromatic heterocycles. The molecule has 3 rings (SSSR count). The molecule has 162 valence electrons. The van der Waals surface area contributed by atoms with Gasteiger partial charge in [0.15, 0.2) is 5.96 Å². The zero-order valence-electron chi connectivity index (χ0n) is 17.5. The largest absolute Gasteiger partial charge is 0.356 e. The van der Waals surface area contributed by atoms with Crippen molar-refractivity contribution < 1.29 is 9.18 Å². The molecular formula is C23H30FIN4O. The van der Waals surface area contributed by atoms with Gasteiger partial charge < -0.3 is 15.5 Å². The van der Waals surface area contributed by atoms with Crippen molar-refractivity contribution in [2.24, 2.45) is 4.99 Å². The summed E-state index contributed by atoms with van der Waals surface area (Å²) < 4.78 is 13.1. The van der Waals surface area contributed by atoms with Gasteiger partial charge in [0.05, 0.1) is 0 Å². The fourth-order valence-corrected chi connectivity index (χ4v) is 3.43. The fraction of sp³-hybridized carbons (Fsp3) is 0.391. The minimum Gasteiger partial charge on any atom is -0.356 e. The van der Waals surface area contributed by atoms with Crippen LogP contribution in [0.1, 0.15) is 23.1 Å². The molecule has 1 aliphatic rings. The van der Waals surface area contributed by atoms with E-state index < -0.39 is 0 Å². The number of benzene rings is 2. The molecule has 0 bridgehead atoms. The average Bonchev–Trinajstić information content (AvgIpc) is 2.72. The molecule has 5 nitrogen and oxygen atoms in total. The molecule has 2 aromatic rings. The molecule has 0 heterocycles. The van der Waals surface area contributed by atoms with E-state index in [2.05, 4.69) is 39.9 Å². The highest BCUT2D eigenvalue weighted by Gasteiger charge is 2.19. The number of amides is 1. The second-order valence-electron chi connectivity index (χ2n) is 7.61. The Bertz CT molecular complexity index is 855. The number of aryl methyl sites for hydroxylation is 1. The molecule has 2 aromatic carbocycles. The second-order valence-corrected chi connectivity index (χ2v) is 7.61. The number of aliphatic imine (C=N–C) groups is 1. The van der Waals surface area contributed by atoms with Crippen LogP contribution in [0.4, 0.5) is 4.39 Å². The van der Waals surface area contributed by atoms with E-state index in [0.29, 0.717) is 12.5 Å². The number of nitrogens with zero attached hydrogens (tertiary/aromatic N) is 2. The number of hydrogen-bond donors (Lipinski definition) is 2. The topological polar surface area (TPSA) is 56.7 Å². The Kier molecular flexibility index (Phi) is 9.55. The molecule has 1 amide bonds. The molecule has 1 atom stereocenters. The van der Waals surface area contributed by atoms with Crippen LogP contribution in [0.15, 0.2) is 53.5 Å². The predicted molar refractivity (Wildman–Crippen MR) is 130 cm³/mol. The van der Waals surface area contributed by atoms with Crippen molar-refractivity contribution in [3.8, 4) is 0 Å². The van der Waals surface area contributed by atoms with Crippen molar-refractivity contribution in [1.29, 1.82) is 0 Å². The van der Waals surface area contributed by atoms with Gasteiger partial charge in [0, 0.05) is 26.7 Å². The molecule has 0 aliphatic heterocycles. The maximum absolute atomic E-state index is 13.1. The summed E-state index contributed by atoms with van der Waals surface area (Å²) in [6, 6.07) is 15.3. The maximum Gasteiger partial charge on any atom is 0.243 e. The first-order valence-corrected chi connectivity index (χ1v) is 10.1. The molecule has 0 saturated carbocycles. The lowest BCUT2D eigenvalue weighted by atomic mass is 9.88. The summed E-state index contributed by atoms with van der Waals surface area (Å²) in [5.74, 6) is 0.371. The minimum absolute atomic E-state index is 0. The van der Waals surface area contributed by atoms with Gasteiger partial charge in [-0.15, -0.1) is 24.0 Å². The second kappa shape index (κ2) is 11.9. The van der Waals surface area contributed by atoms with Gasteiger partial charge in [-0.2, -0.15) is 0 Å². The van der Waals surface area contributed by atoms with Gasteiger partial charge in [-0.25, -0.2) is 9.38 Å². The summed E-state index contributed by atoms with van der Waals surface area (Å²) in [5, 5.41) is 6.82. The van der Waals surface area contributed by atoms with Crippen molar-refractivity contribution in [2.75, 3.05) is 27.2 Å². The van der Waals surface area contributed by atoms with Crippen LogP contribution < -0.4 is 10.6 Å². The molecule has 1 unspecified atom stereocenters. The molecule has 30 heavy (non-hydrogen) atoms. The van der Waals surface area contributed by atoms with Crippen molar-refractivity contribution in [1.82, 2.24) is 15.5 Å². The van der Waals surface area contributed by atoms with E-state index in [-0.39, 0.29) is 48.3 Å². The Morgan fingerprint density at radius 1 is 1.13 bits per heavy atom. The highest BCUT2D eigenvalue weighted by Crippen LogP contribution is 2.20. The fourth-order valence-electron chi connectivity index (χ4n) is 3.43. The first-order valence-electron chi connectivity index (χ1n) is 10.1. The monoisotopic (exact) mass is 524 g/mol. The van der Waals surface area contributed by atoms with Gasteiger partial charge in [-0.05, 0) is 54.5 Å². The number of nitrogens with one attached hydrogen (secondary N) is 2. The van der Waals surface area contributed by atoms with Gasteiger partial charge in [-0.1, -0.05) is 36.4 Å². The normalized spacial score (nSPS) is 15.6. The lowest BCUT2D eigenvalue weighted by Gasteiger charge is -2.27. The number of carbonyl (C=O) groups is 1. The highest BCUT2D eigenvalue weighted by molar-refractivity contribution is 14.0. The van der Waals surface area contributed by atoms with Crippen LogP contribution >= 0.6 is 24.0 Å². The van der Waals surface area contributed by atoms with E-state index in [4.69, 9.17) is 0 Å². The standard InChI is InChI=1S/C23H29FN4O.HI/c1-28(2)22(29)16-26-23(25-14-13-17-7-10-20(24)11-8-17)27-21-12-9-18-5-3-4-6-19(18)15-21;/h3-8,10-11,21H,9,12-16H2,1-2H3,(H2,25,26,27);1H. The Balaban J connectivity index is 0.00000320. The number of halogens is 2. The zero-order valence-corrected chi connectivity index (χ0v) is 19.9.